The third-order valence-corrected chi connectivity index (χ3v) is 12.7. The van der Waals surface area contributed by atoms with Gasteiger partial charge in [0.15, 0.2) is 0 Å². The predicted octanol–water partition coefficient (Wildman–Crippen LogP) is 9.56. The second kappa shape index (κ2) is 15.8. The summed E-state index contributed by atoms with van der Waals surface area (Å²) in [6.07, 6.45) is 11.0. The Morgan fingerprint density at radius 1 is 0.768 bits per heavy atom. The molecule has 1 fully saturated rings. The van der Waals surface area contributed by atoms with Crippen LogP contribution in [0.3, 0.4) is 0 Å². The Bertz CT molecular complexity index is 2370. The first-order valence-corrected chi connectivity index (χ1v) is 21.2. The van der Waals surface area contributed by atoms with Gasteiger partial charge < -0.3 is 9.88 Å². The number of fused-ring (bicyclic) bond motifs is 4. The van der Waals surface area contributed by atoms with Crippen molar-refractivity contribution in [1.82, 2.24) is 29.3 Å². The van der Waals surface area contributed by atoms with Gasteiger partial charge in [-0.05, 0) is 152 Å². The molecule has 12 heteroatoms. The minimum absolute atomic E-state index is 0.0716. The SMILES string of the molecule is Cc1cn(Cc2cccc(NC(=O)[C@H]3CN(C4c5ccc(Cl)cc5CCc5cc(Br)cnc54)CCN3C3c4ccc(Cl)cc4CCc4cc(Br)cnc43)c2)cn1. The van der Waals surface area contributed by atoms with Crippen LogP contribution in [0.15, 0.2) is 107 Å². The van der Waals surface area contributed by atoms with Crippen molar-refractivity contribution in [2.24, 2.45) is 0 Å². The molecular formula is C44H39Br2Cl2N7O. The number of piperazine rings is 1. The van der Waals surface area contributed by atoms with Crippen molar-refractivity contribution < 1.29 is 4.79 Å². The molecule has 3 atom stereocenters. The molecule has 1 N–H and O–H groups in total. The Kier molecular flexibility index (Phi) is 10.6. The molecule has 3 aliphatic rings. The van der Waals surface area contributed by atoms with Gasteiger partial charge in [-0.2, -0.15) is 0 Å². The monoisotopic (exact) mass is 909 g/mol. The van der Waals surface area contributed by atoms with Crippen molar-refractivity contribution in [3.63, 3.8) is 0 Å². The minimum Gasteiger partial charge on any atom is -0.333 e. The standard InChI is InChI=1S/C44H39Br2Cl2N7O/c1-26-22-53(25-51-26)23-27-3-2-4-36(15-27)52-44(56)39-24-54(42-37-11-9-34(47)18-28(37)5-7-30-16-32(45)20-49-40(30)42)13-14-55(39)43-38-12-10-35(48)19-29(38)6-8-31-17-33(46)21-50-41(31)43/h2-4,9-12,15-22,25,39,42-43H,5-8,13-14,23-24H2,1H3,(H,52,56)/t39-,42?,43?/m1/s1. The van der Waals surface area contributed by atoms with Crippen LogP contribution in [0.2, 0.25) is 10.0 Å². The molecule has 0 bridgehead atoms. The van der Waals surface area contributed by atoms with Gasteiger partial charge in [0, 0.05) is 69.4 Å². The van der Waals surface area contributed by atoms with Crippen LogP contribution in [-0.4, -0.2) is 60.9 Å². The summed E-state index contributed by atoms with van der Waals surface area (Å²) < 4.78 is 3.95. The van der Waals surface area contributed by atoms with E-state index < -0.39 is 6.04 Å². The zero-order valence-electron chi connectivity index (χ0n) is 30.7. The highest BCUT2D eigenvalue weighted by Gasteiger charge is 2.43. The highest BCUT2D eigenvalue weighted by atomic mass is 79.9. The van der Waals surface area contributed by atoms with E-state index in [4.69, 9.17) is 33.2 Å². The number of rotatable bonds is 6. The van der Waals surface area contributed by atoms with E-state index in [2.05, 4.69) is 105 Å². The molecule has 9 rings (SSSR count). The number of halogens is 4. The summed E-state index contributed by atoms with van der Waals surface area (Å²) >= 11 is 20.6. The molecule has 284 valence electrons. The molecular weight excluding hydrogens is 873 g/mol. The van der Waals surface area contributed by atoms with Gasteiger partial charge in [0.2, 0.25) is 5.91 Å². The van der Waals surface area contributed by atoms with E-state index in [1.165, 1.54) is 27.8 Å². The van der Waals surface area contributed by atoms with E-state index in [9.17, 15) is 0 Å². The summed E-state index contributed by atoms with van der Waals surface area (Å²) in [4.78, 5) is 34.5. The second-order valence-electron chi connectivity index (χ2n) is 15.0. The van der Waals surface area contributed by atoms with Crippen molar-refractivity contribution in [2.75, 3.05) is 25.0 Å². The number of carbonyl (C=O) groups excluding carboxylic acids is 1. The number of imidazole rings is 1. The first-order valence-electron chi connectivity index (χ1n) is 18.9. The van der Waals surface area contributed by atoms with Crippen molar-refractivity contribution >= 4 is 66.7 Å². The van der Waals surface area contributed by atoms with Crippen LogP contribution in [0.1, 0.15) is 68.1 Å². The highest BCUT2D eigenvalue weighted by Crippen LogP contribution is 2.43. The number of hydrogen-bond acceptors (Lipinski definition) is 6. The Morgan fingerprint density at radius 2 is 1.39 bits per heavy atom. The van der Waals surface area contributed by atoms with Crippen LogP contribution in [0.4, 0.5) is 5.69 Å². The number of aromatic nitrogens is 4. The molecule has 0 saturated carbocycles. The van der Waals surface area contributed by atoms with Crippen LogP contribution in [0, 0.1) is 6.92 Å². The molecule has 3 aromatic carbocycles. The molecule has 6 aromatic rings. The Hall–Kier alpha value is -3.90. The van der Waals surface area contributed by atoms with Crippen molar-refractivity contribution in [3.8, 4) is 0 Å². The van der Waals surface area contributed by atoms with Crippen molar-refractivity contribution in [1.29, 1.82) is 0 Å². The van der Waals surface area contributed by atoms with Gasteiger partial charge in [-0.3, -0.25) is 24.6 Å². The average Bonchev–Trinajstić information content (AvgIpc) is 3.43. The summed E-state index contributed by atoms with van der Waals surface area (Å²) in [5.74, 6) is -0.0716. The van der Waals surface area contributed by atoms with Crippen LogP contribution in [0.25, 0.3) is 0 Å². The van der Waals surface area contributed by atoms with Crippen LogP contribution in [0.5, 0.6) is 0 Å². The van der Waals surface area contributed by atoms with E-state index in [1.54, 1.807) is 0 Å². The normalized spacial score (nSPS) is 19.6. The van der Waals surface area contributed by atoms with Gasteiger partial charge in [0.1, 0.15) is 6.04 Å². The zero-order valence-corrected chi connectivity index (χ0v) is 35.4. The maximum atomic E-state index is 15.1. The van der Waals surface area contributed by atoms with E-state index in [-0.39, 0.29) is 18.0 Å². The fraction of sp³-hybridized carbons (Fsp3) is 0.273. The number of benzene rings is 3. The van der Waals surface area contributed by atoms with E-state index in [0.717, 1.165) is 73.5 Å². The molecule has 2 unspecified atom stereocenters. The molecule has 56 heavy (non-hydrogen) atoms. The molecule has 1 aliphatic heterocycles. The van der Waals surface area contributed by atoms with Crippen LogP contribution in [-0.2, 0) is 37.0 Å². The van der Waals surface area contributed by atoms with E-state index in [1.807, 2.05) is 56.1 Å². The fourth-order valence-electron chi connectivity index (χ4n) is 8.87. The van der Waals surface area contributed by atoms with E-state index >= 15 is 4.79 Å². The molecule has 1 amide bonds. The topological polar surface area (TPSA) is 79.2 Å². The fourth-order valence-corrected chi connectivity index (χ4v) is 10.0. The lowest BCUT2D eigenvalue weighted by atomic mass is 9.92. The Morgan fingerprint density at radius 3 is 2.04 bits per heavy atom. The molecule has 8 nitrogen and oxygen atoms in total. The molecule has 1 saturated heterocycles. The van der Waals surface area contributed by atoms with Gasteiger partial charge in [-0.15, -0.1) is 0 Å². The lowest BCUT2D eigenvalue weighted by Gasteiger charge is -2.47. The van der Waals surface area contributed by atoms with E-state index in [0.29, 0.717) is 31.2 Å². The zero-order chi connectivity index (χ0) is 38.5. The quantitative estimate of drug-likeness (QED) is 0.180. The van der Waals surface area contributed by atoms with Gasteiger partial charge in [-0.25, -0.2) is 4.98 Å². The van der Waals surface area contributed by atoms with Crippen LogP contribution < -0.4 is 5.32 Å². The van der Waals surface area contributed by atoms with Gasteiger partial charge in [0.05, 0.1) is 35.5 Å². The third kappa shape index (κ3) is 7.60. The molecule has 2 aliphatic carbocycles. The van der Waals surface area contributed by atoms with Crippen LogP contribution >= 0.6 is 55.1 Å². The number of aryl methyl sites for hydroxylation is 5. The first-order chi connectivity index (χ1) is 27.2. The second-order valence-corrected chi connectivity index (χ2v) is 17.7. The van der Waals surface area contributed by atoms with Crippen molar-refractivity contribution in [2.45, 2.75) is 57.3 Å². The number of amides is 1. The minimum atomic E-state index is -0.550. The summed E-state index contributed by atoms with van der Waals surface area (Å²) in [6.45, 7) is 4.43. The molecule has 0 radical (unpaired) electrons. The number of pyridine rings is 2. The maximum Gasteiger partial charge on any atom is 0.243 e. The lowest BCUT2D eigenvalue weighted by Crippen LogP contribution is -2.59. The number of nitrogens with one attached hydrogen (secondary N) is 1. The summed E-state index contributed by atoms with van der Waals surface area (Å²) in [7, 11) is 0. The smallest absolute Gasteiger partial charge is 0.243 e. The molecule has 3 aromatic heterocycles. The molecule has 0 spiro atoms. The first kappa shape index (κ1) is 37.7. The maximum absolute atomic E-state index is 15.1. The average molecular weight is 913 g/mol. The number of hydrogen-bond donors (Lipinski definition) is 1. The summed E-state index contributed by atoms with van der Waals surface area (Å²) in [6, 6.07) is 23.9. The van der Waals surface area contributed by atoms with Gasteiger partial charge >= 0.3 is 0 Å². The van der Waals surface area contributed by atoms with Crippen molar-refractivity contribution in [3.05, 3.63) is 173 Å². The highest BCUT2D eigenvalue weighted by molar-refractivity contribution is 9.10. The van der Waals surface area contributed by atoms with Gasteiger partial charge in [0.25, 0.3) is 0 Å². The summed E-state index contributed by atoms with van der Waals surface area (Å²) in [5.41, 5.74) is 11.9. The Labute approximate surface area is 353 Å². The summed E-state index contributed by atoms with van der Waals surface area (Å²) in [5, 5.41) is 4.79. The molecule has 4 heterocycles. The Balaban J connectivity index is 1.14. The number of carbonyl (C=O) groups is 1. The van der Waals surface area contributed by atoms with Gasteiger partial charge in [-0.1, -0.05) is 47.5 Å². The predicted molar refractivity (Wildman–Crippen MR) is 228 cm³/mol. The largest absolute Gasteiger partial charge is 0.333 e. The number of nitrogens with zero attached hydrogens (tertiary/aromatic N) is 6. The lowest BCUT2D eigenvalue weighted by molar-refractivity contribution is -0.125. The third-order valence-electron chi connectivity index (χ3n) is 11.4. The number of anilines is 1.